The fourth-order valence-electron chi connectivity index (χ4n) is 3.69. The van der Waals surface area contributed by atoms with Gasteiger partial charge in [0.25, 0.3) is 0 Å². The van der Waals surface area contributed by atoms with Crippen molar-refractivity contribution < 1.29 is 9.53 Å². The molecule has 0 fully saturated rings. The van der Waals surface area contributed by atoms with Gasteiger partial charge in [0.2, 0.25) is 0 Å². The normalized spacial score (nSPS) is 10.7. The predicted molar refractivity (Wildman–Crippen MR) is 140 cm³/mol. The van der Waals surface area contributed by atoms with Crippen LogP contribution in [0.5, 0.6) is 5.75 Å². The number of carbonyl (C=O) groups is 1. The number of nitrogens with one attached hydrogen (secondary N) is 2. The first-order valence-corrected chi connectivity index (χ1v) is 12.1. The average Bonchev–Trinajstić information content (AvgIpc) is 3.32. The van der Waals surface area contributed by atoms with Crippen LogP contribution in [0.2, 0.25) is 0 Å². The van der Waals surface area contributed by atoms with Gasteiger partial charge in [0.05, 0.1) is 24.3 Å². The zero-order chi connectivity index (χ0) is 24.2. The van der Waals surface area contributed by atoms with E-state index in [0.29, 0.717) is 24.6 Å². The van der Waals surface area contributed by atoms with E-state index >= 15 is 0 Å². The number of hydrogen-bond donors (Lipinski definition) is 2. The molecule has 0 saturated carbocycles. The van der Waals surface area contributed by atoms with Gasteiger partial charge in [0.1, 0.15) is 11.4 Å². The topological polar surface area (TPSA) is 71.4 Å². The fraction of sp³-hybridized carbons (Fsp3) is 0.407. The van der Waals surface area contributed by atoms with Crippen molar-refractivity contribution in [3.05, 3.63) is 61.1 Å². The summed E-state index contributed by atoms with van der Waals surface area (Å²) in [6.07, 6.45) is 9.04. The SMILES string of the molecule is CCCCCNC(=O)Nc1c(OCCCCn2cnc(-c3ccccc3)c2)cccc1N(C)C. The molecule has 0 atom stereocenters. The summed E-state index contributed by atoms with van der Waals surface area (Å²) < 4.78 is 8.21. The number of carbonyl (C=O) groups excluding carboxylic acids is 1. The number of ether oxygens (including phenoxy) is 1. The van der Waals surface area contributed by atoms with E-state index in [1.165, 1.54) is 0 Å². The van der Waals surface area contributed by atoms with Gasteiger partial charge >= 0.3 is 6.03 Å². The summed E-state index contributed by atoms with van der Waals surface area (Å²) in [7, 11) is 3.91. The molecule has 0 spiro atoms. The van der Waals surface area contributed by atoms with E-state index in [9.17, 15) is 4.79 Å². The van der Waals surface area contributed by atoms with E-state index < -0.39 is 0 Å². The lowest BCUT2D eigenvalue weighted by atomic mass is 10.2. The first-order chi connectivity index (χ1) is 16.6. The molecule has 0 unspecified atom stereocenters. The Morgan fingerprint density at radius 3 is 2.62 bits per heavy atom. The quantitative estimate of drug-likeness (QED) is 0.315. The molecule has 0 aliphatic carbocycles. The molecule has 0 radical (unpaired) electrons. The lowest BCUT2D eigenvalue weighted by Crippen LogP contribution is -2.30. The Bertz CT molecular complexity index is 1020. The molecule has 3 rings (SSSR count). The number of aromatic nitrogens is 2. The number of hydrogen-bond acceptors (Lipinski definition) is 4. The number of nitrogens with zero attached hydrogens (tertiary/aromatic N) is 3. The largest absolute Gasteiger partial charge is 0.491 e. The third kappa shape index (κ3) is 7.54. The van der Waals surface area contributed by atoms with Gasteiger partial charge < -0.3 is 24.8 Å². The highest BCUT2D eigenvalue weighted by atomic mass is 16.5. The first kappa shape index (κ1) is 25.1. The molecular formula is C27H37N5O2. The third-order valence-electron chi connectivity index (χ3n) is 5.56. The summed E-state index contributed by atoms with van der Waals surface area (Å²) in [6.45, 7) is 4.27. The minimum Gasteiger partial charge on any atom is -0.491 e. The molecule has 0 bridgehead atoms. The highest BCUT2D eigenvalue weighted by Gasteiger charge is 2.14. The number of aryl methyl sites for hydroxylation is 1. The maximum absolute atomic E-state index is 12.4. The molecule has 182 valence electrons. The second-order valence-corrected chi connectivity index (χ2v) is 8.55. The highest BCUT2D eigenvalue weighted by Crippen LogP contribution is 2.34. The van der Waals surface area contributed by atoms with Gasteiger partial charge in [0.15, 0.2) is 0 Å². The molecule has 2 amide bonds. The third-order valence-corrected chi connectivity index (χ3v) is 5.56. The number of para-hydroxylation sites is 1. The van der Waals surface area contributed by atoms with Crippen molar-refractivity contribution in [2.75, 3.05) is 37.5 Å². The maximum Gasteiger partial charge on any atom is 0.319 e. The molecule has 2 aromatic carbocycles. The number of benzene rings is 2. The van der Waals surface area contributed by atoms with Crippen LogP contribution < -0.4 is 20.3 Å². The van der Waals surface area contributed by atoms with E-state index in [-0.39, 0.29) is 6.03 Å². The van der Waals surface area contributed by atoms with Crippen LogP contribution in [0.1, 0.15) is 39.0 Å². The predicted octanol–water partition coefficient (Wildman–Crippen LogP) is 5.79. The lowest BCUT2D eigenvalue weighted by Gasteiger charge is -2.21. The van der Waals surface area contributed by atoms with Crippen LogP contribution in [0.25, 0.3) is 11.3 Å². The molecule has 3 aromatic rings. The molecule has 7 heteroatoms. The van der Waals surface area contributed by atoms with Gasteiger partial charge in [-0.2, -0.15) is 0 Å². The summed E-state index contributed by atoms with van der Waals surface area (Å²) in [5.41, 5.74) is 3.72. The number of unbranched alkanes of at least 4 members (excludes halogenated alkanes) is 3. The van der Waals surface area contributed by atoms with Crippen LogP contribution in [-0.2, 0) is 6.54 Å². The minimum atomic E-state index is -0.204. The molecule has 2 N–H and O–H groups in total. The van der Waals surface area contributed by atoms with Crippen LogP contribution in [0, 0.1) is 0 Å². The van der Waals surface area contributed by atoms with Crippen molar-refractivity contribution in [2.45, 2.75) is 45.6 Å². The summed E-state index contributed by atoms with van der Waals surface area (Å²) in [4.78, 5) is 18.9. The van der Waals surface area contributed by atoms with Crippen LogP contribution in [-0.4, -0.2) is 42.8 Å². The molecule has 1 aromatic heterocycles. The van der Waals surface area contributed by atoms with Gasteiger partial charge in [-0.3, -0.25) is 0 Å². The van der Waals surface area contributed by atoms with Gasteiger partial charge in [-0.1, -0.05) is 56.2 Å². The summed E-state index contributed by atoms with van der Waals surface area (Å²) in [5.74, 6) is 0.684. The van der Waals surface area contributed by atoms with Crippen molar-refractivity contribution in [2.24, 2.45) is 0 Å². The maximum atomic E-state index is 12.4. The van der Waals surface area contributed by atoms with Gasteiger partial charge in [-0.25, -0.2) is 9.78 Å². The molecule has 1 heterocycles. The van der Waals surface area contributed by atoms with Crippen LogP contribution in [0.3, 0.4) is 0 Å². The van der Waals surface area contributed by atoms with Gasteiger partial charge in [-0.15, -0.1) is 0 Å². The summed E-state index contributed by atoms with van der Waals surface area (Å²) in [5, 5.41) is 5.93. The zero-order valence-electron chi connectivity index (χ0n) is 20.6. The molecule has 7 nitrogen and oxygen atoms in total. The second kappa shape index (κ2) is 13.3. The first-order valence-electron chi connectivity index (χ1n) is 12.1. The van der Waals surface area contributed by atoms with Gasteiger partial charge in [-0.05, 0) is 31.4 Å². The van der Waals surface area contributed by atoms with Crippen LogP contribution >= 0.6 is 0 Å². The van der Waals surface area contributed by atoms with Crippen LogP contribution in [0.4, 0.5) is 16.2 Å². The van der Waals surface area contributed by atoms with Crippen molar-refractivity contribution in [1.82, 2.24) is 14.9 Å². The number of imidazole rings is 1. The molecule has 0 saturated heterocycles. The molecule has 0 aliphatic rings. The Kier molecular flexibility index (Phi) is 9.82. The number of rotatable bonds is 13. The van der Waals surface area contributed by atoms with Gasteiger partial charge in [0, 0.05) is 38.9 Å². The Morgan fingerprint density at radius 1 is 1.03 bits per heavy atom. The Balaban J connectivity index is 1.50. The van der Waals surface area contributed by atoms with Crippen molar-refractivity contribution in [3.8, 4) is 17.0 Å². The Labute approximate surface area is 203 Å². The second-order valence-electron chi connectivity index (χ2n) is 8.55. The smallest absolute Gasteiger partial charge is 0.319 e. The fourth-order valence-corrected chi connectivity index (χ4v) is 3.69. The zero-order valence-corrected chi connectivity index (χ0v) is 20.6. The monoisotopic (exact) mass is 463 g/mol. The average molecular weight is 464 g/mol. The lowest BCUT2D eigenvalue weighted by molar-refractivity contribution is 0.251. The number of anilines is 2. The van der Waals surface area contributed by atoms with Crippen LogP contribution in [0.15, 0.2) is 61.1 Å². The summed E-state index contributed by atoms with van der Waals surface area (Å²) in [6, 6.07) is 15.8. The number of amides is 2. The van der Waals surface area contributed by atoms with E-state index in [4.69, 9.17) is 4.74 Å². The molecule has 0 aliphatic heterocycles. The summed E-state index contributed by atoms with van der Waals surface area (Å²) >= 11 is 0. The van der Waals surface area contributed by atoms with E-state index in [2.05, 4.69) is 45.4 Å². The highest BCUT2D eigenvalue weighted by molar-refractivity contribution is 5.95. The van der Waals surface area contributed by atoms with Crippen molar-refractivity contribution in [3.63, 3.8) is 0 Å². The Hall–Kier alpha value is -3.48. The number of urea groups is 1. The van der Waals surface area contributed by atoms with E-state index in [0.717, 1.165) is 55.6 Å². The minimum absolute atomic E-state index is 0.204. The Morgan fingerprint density at radius 2 is 1.85 bits per heavy atom. The molecular weight excluding hydrogens is 426 g/mol. The van der Waals surface area contributed by atoms with E-state index in [1.807, 2.05) is 61.7 Å². The van der Waals surface area contributed by atoms with E-state index in [1.54, 1.807) is 0 Å². The van der Waals surface area contributed by atoms with Crippen molar-refractivity contribution in [1.29, 1.82) is 0 Å². The van der Waals surface area contributed by atoms with Crippen molar-refractivity contribution >= 4 is 17.4 Å². The standard InChI is InChI=1S/C27H37N5O2/c1-4-5-9-17-28-27(33)30-26-24(31(2)3)15-12-16-25(26)34-19-11-10-18-32-20-23(29-21-32)22-13-7-6-8-14-22/h6-8,12-16,20-21H,4-5,9-11,17-19H2,1-3H3,(H2,28,30,33). The molecule has 34 heavy (non-hydrogen) atoms.